The number of benzene rings is 1. The topological polar surface area (TPSA) is 47.6 Å². The Bertz CT molecular complexity index is 371. The molecule has 0 fully saturated rings. The molecule has 100 valence electrons. The lowest BCUT2D eigenvalue weighted by atomic mass is 10.2. The first-order chi connectivity index (χ1) is 8.47. The minimum Gasteiger partial charge on any atom is -0.491 e. The zero-order valence-electron chi connectivity index (χ0n) is 11.4. The number of amides is 1. The third-order valence-electron chi connectivity index (χ3n) is 2.02. The van der Waals surface area contributed by atoms with Crippen molar-refractivity contribution in [1.29, 1.82) is 0 Å². The average Bonchev–Trinajstić information content (AvgIpc) is 2.28. The summed E-state index contributed by atoms with van der Waals surface area (Å²) < 4.78 is 10.5. The fraction of sp³-hybridized carbons (Fsp3) is 0.500. The molecule has 0 aliphatic carbocycles. The van der Waals surface area contributed by atoms with Gasteiger partial charge in [0.2, 0.25) is 0 Å². The van der Waals surface area contributed by atoms with Gasteiger partial charge < -0.3 is 9.47 Å². The second-order valence-corrected chi connectivity index (χ2v) is 4.81. The van der Waals surface area contributed by atoms with Gasteiger partial charge in [-0.25, -0.2) is 4.79 Å². The Kier molecular flexibility index (Phi) is 5.49. The molecule has 0 atom stereocenters. The normalized spacial score (nSPS) is 10.6. The SMILES string of the molecule is CC(C)COC(=O)Nc1ccc(OC(C)C)cc1. The van der Waals surface area contributed by atoms with E-state index < -0.39 is 6.09 Å². The number of hydrogen-bond donors (Lipinski definition) is 1. The minimum atomic E-state index is -0.429. The number of carbonyl (C=O) groups is 1. The van der Waals surface area contributed by atoms with Crippen molar-refractivity contribution in [2.24, 2.45) is 5.92 Å². The molecule has 4 nitrogen and oxygen atoms in total. The van der Waals surface area contributed by atoms with Gasteiger partial charge >= 0.3 is 6.09 Å². The van der Waals surface area contributed by atoms with Crippen LogP contribution in [0.1, 0.15) is 27.7 Å². The number of rotatable bonds is 5. The Morgan fingerprint density at radius 1 is 1.17 bits per heavy atom. The Labute approximate surface area is 108 Å². The molecule has 0 aliphatic heterocycles. The Morgan fingerprint density at radius 2 is 1.78 bits per heavy atom. The number of anilines is 1. The van der Waals surface area contributed by atoms with Gasteiger partial charge in [-0.1, -0.05) is 13.8 Å². The summed E-state index contributed by atoms with van der Waals surface area (Å²) in [4.78, 5) is 11.4. The maximum atomic E-state index is 11.4. The maximum absolute atomic E-state index is 11.4. The lowest BCUT2D eigenvalue weighted by molar-refractivity contribution is 0.147. The first-order valence-electron chi connectivity index (χ1n) is 6.18. The Hall–Kier alpha value is -1.71. The van der Waals surface area contributed by atoms with E-state index in [-0.39, 0.29) is 6.10 Å². The molecule has 0 heterocycles. The molecule has 1 rings (SSSR count). The predicted molar refractivity (Wildman–Crippen MR) is 72.0 cm³/mol. The van der Waals surface area contributed by atoms with Crippen LogP contribution in [0.5, 0.6) is 5.75 Å². The molecule has 0 aliphatic rings. The third-order valence-corrected chi connectivity index (χ3v) is 2.02. The summed E-state index contributed by atoms with van der Waals surface area (Å²) >= 11 is 0. The van der Waals surface area contributed by atoms with Crippen LogP contribution in [0.4, 0.5) is 10.5 Å². The van der Waals surface area contributed by atoms with E-state index in [0.717, 1.165) is 5.75 Å². The zero-order valence-corrected chi connectivity index (χ0v) is 11.4. The Morgan fingerprint density at radius 3 is 2.28 bits per heavy atom. The fourth-order valence-corrected chi connectivity index (χ4v) is 1.29. The van der Waals surface area contributed by atoms with E-state index in [4.69, 9.17) is 9.47 Å². The standard InChI is InChI=1S/C14H21NO3/c1-10(2)9-17-14(16)15-12-5-7-13(8-6-12)18-11(3)4/h5-8,10-11H,9H2,1-4H3,(H,15,16). The van der Waals surface area contributed by atoms with E-state index in [1.165, 1.54) is 0 Å². The molecule has 0 unspecified atom stereocenters. The van der Waals surface area contributed by atoms with Crippen LogP contribution in [0.3, 0.4) is 0 Å². The van der Waals surface area contributed by atoms with Gasteiger partial charge in [0.25, 0.3) is 0 Å². The first kappa shape index (κ1) is 14.4. The molecule has 0 aromatic heterocycles. The predicted octanol–water partition coefficient (Wildman–Crippen LogP) is 3.68. The first-order valence-corrected chi connectivity index (χ1v) is 6.18. The van der Waals surface area contributed by atoms with Crippen molar-refractivity contribution in [2.45, 2.75) is 33.8 Å². The lowest BCUT2D eigenvalue weighted by Gasteiger charge is -2.11. The number of hydrogen-bond acceptors (Lipinski definition) is 3. The summed E-state index contributed by atoms with van der Waals surface area (Å²) in [5.74, 6) is 1.11. The molecular formula is C14H21NO3. The highest BCUT2D eigenvalue weighted by atomic mass is 16.5. The van der Waals surface area contributed by atoms with Gasteiger partial charge in [0.05, 0.1) is 12.7 Å². The van der Waals surface area contributed by atoms with Crippen molar-refractivity contribution in [3.8, 4) is 5.75 Å². The summed E-state index contributed by atoms with van der Waals surface area (Å²) in [6, 6.07) is 7.21. The van der Waals surface area contributed by atoms with Gasteiger partial charge in [0.15, 0.2) is 0 Å². The highest BCUT2D eigenvalue weighted by molar-refractivity contribution is 5.84. The van der Waals surface area contributed by atoms with E-state index in [2.05, 4.69) is 5.32 Å². The molecule has 1 N–H and O–H groups in total. The van der Waals surface area contributed by atoms with Gasteiger partial charge in [0, 0.05) is 5.69 Å². The van der Waals surface area contributed by atoms with Crippen molar-refractivity contribution in [3.05, 3.63) is 24.3 Å². The molecule has 0 saturated carbocycles. The third kappa shape index (κ3) is 5.57. The molecule has 1 amide bonds. The quantitative estimate of drug-likeness (QED) is 0.868. The van der Waals surface area contributed by atoms with Crippen LogP contribution in [-0.4, -0.2) is 18.8 Å². The molecule has 0 bridgehead atoms. The molecule has 1 aromatic rings. The molecule has 1 aromatic carbocycles. The maximum Gasteiger partial charge on any atom is 0.411 e. The summed E-state index contributed by atoms with van der Waals surface area (Å²) in [6.07, 6.45) is -0.291. The van der Waals surface area contributed by atoms with Crippen LogP contribution in [0.2, 0.25) is 0 Å². The van der Waals surface area contributed by atoms with Crippen LogP contribution in [0, 0.1) is 5.92 Å². The van der Waals surface area contributed by atoms with Crippen LogP contribution in [0.25, 0.3) is 0 Å². The molecular weight excluding hydrogens is 230 g/mol. The second kappa shape index (κ2) is 6.89. The highest BCUT2D eigenvalue weighted by Crippen LogP contribution is 2.17. The summed E-state index contributed by atoms with van der Waals surface area (Å²) in [5, 5.41) is 2.66. The summed E-state index contributed by atoms with van der Waals surface area (Å²) in [5.41, 5.74) is 0.694. The number of carbonyl (C=O) groups excluding carboxylic acids is 1. The van der Waals surface area contributed by atoms with Gasteiger partial charge in [0.1, 0.15) is 5.75 Å². The molecule has 18 heavy (non-hydrogen) atoms. The van der Waals surface area contributed by atoms with Gasteiger partial charge in [-0.15, -0.1) is 0 Å². The van der Waals surface area contributed by atoms with Crippen LogP contribution in [-0.2, 0) is 4.74 Å². The molecule has 0 saturated heterocycles. The smallest absolute Gasteiger partial charge is 0.411 e. The van der Waals surface area contributed by atoms with E-state index in [1.807, 2.05) is 39.8 Å². The average molecular weight is 251 g/mol. The van der Waals surface area contributed by atoms with E-state index in [1.54, 1.807) is 12.1 Å². The largest absolute Gasteiger partial charge is 0.491 e. The summed E-state index contributed by atoms with van der Waals surface area (Å²) in [6.45, 7) is 8.34. The lowest BCUT2D eigenvalue weighted by Crippen LogP contribution is -2.16. The number of ether oxygens (including phenoxy) is 2. The van der Waals surface area contributed by atoms with Crippen molar-refractivity contribution in [3.63, 3.8) is 0 Å². The van der Waals surface area contributed by atoms with Crippen molar-refractivity contribution < 1.29 is 14.3 Å². The highest BCUT2D eigenvalue weighted by Gasteiger charge is 2.05. The van der Waals surface area contributed by atoms with E-state index >= 15 is 0 Å². The molecule has 0 spiro atoms. The Balaban J connectivity index is 2.45. The molecule has 0 radical (unpaired) electrons. The van der Waals surface area contributed by atoms with E-state index in [9.17, 15) is 4.79 Å². The van der Waals surface area contributed by atoms with Crippen LogP contribution >= 0.6 is 0 Å². The second-order valence-electron chi connectivity index (χ2n) is 4.81. The van der Waals surface area contributed by atoms with Crippen molar-refractivity contribution in [1.82, 2.24) is 0 Å². The van der Waals surface area contributed by atoms with Crippen LogP contribution < -0.4 is 10.1 Å². The monoisotopic (exact) mass is 251 g/mol. The minimum absolute atomic E-state index is 0.139. The van der Waals surface area contributed by atoms with Gasteiger partial charge in [-0.2, -0.15) is 0 Å². The van der Waals surface area contributed by atoms with Gasteiger partial charge in [-0.05, 0) is 44.0 Å². The van der Waals surface area contributed by atoms with Crippen molar-refractivity contribution in [2.75, 3.05) is 11.9 Å². The zero-order chi connectivity index (χ0) is 13.5. The van der Waals surface area contributed by atoms with Gasteiger partial charge in [-0.3, -0.25) is 5.32 Å². The molecule has 4 heteroatoms. The number of nitrogens with one attached hydrogen (secondary N) is 1. The van der Waals surface area contributed by atoms with Crippen molar-refractivity contribution >= 4 is 11.8 Å². The fourth-order valence-electron chi connectivity index (χ4n) is 1.29. The van der Waals surface area contributed by atoms with E-state index in [0.29, 0.717) is 18.2 Å². The summed E-state index contributed by atoms with van der Waals surface area (Å²) in [7, 11) is 0. The van der Waals surface area contributed by atoms with Crippen LogP contribution in [0.15, 0.2) is 24.3 Å².